The molecule has 4 nitrogen and oxygen atoms in total. The van der Waals surface area contributed by atoms with E-state index >= 15 is 0 Å². The second-order valence-corrected chi connectivity index (χ2v) is 4.61. The fourth-order valence-electron chi connectivity index (χ4n) is 1.99. The van der Waals surface area contributed by atoms with E-state index in [9.17, 15) is 0 Å². The second-order valence-electron chi connectivity index (χ2n) is 4.61. The van der Waals surface area contributed by atoms with Crippen molar-refractivity contribution in [1.29, 1.82) is 0 Å². The van der Waals surface area contributed by atoms with Gasteiger partial charge in [-0.05, 0) is 30.2 Å². The standard InChI is InChI=1S/C14H17BN2O2/c1-17(11-14-7-2-3-8-16-14)10-12-5-4-6-13(9-12)15(18)19/h2-9,18-19H,10-11H2,1H3. The fraction of sp³-hybridized carbons (Fsp3) is 0.214. The lowest BCUT2D eigenvalue weighted by Gasteiger charge is -2.16. The van der Waals surface area contributed by atoms with E-state index in [1.807, 2.05) is 37.4 Å². The average molecular weight is 256 g/mol. The molecule has 0 aliphatic heterocycles. The first-order chi connectivity index (χ1) is 9.15. The van der Waals surface area contributed by atoms with Gasteiger partial charge in [0.1, 0.15) is 0 Å². The lowest BCUT2D eigenvalue weighted by molar-refractivity contribution is 0.315. The molecule has 0 aliphatic carbocycles. The van der Waals surface area contributed by atoms with Crippen LogP contribution in [-0.2, 0) is 13.1 Å². The molecule has 0 unspecified atom stereocenters. The molecule has 1 heterocycles. The number of rotatable bonds is 5. The first-order valence-corrected chi connectivity index (χ1v) is 6.18. The van der Waals surface area contributed by atoms with E-state index in [0.29, 0.717) is 5.46 Å². The summed E-state index contributed by atoms with van der Waals surface area (Å²) in [4.78, 5) is 6.41. The van der Waals surface area contributed by atoms with Crippen LogP contribution >= 0.6 is 0 Å². The molecular formula is C14H17BN2O2. The molecule has 0 saturated heterocycles. The van der Waals surface area contributed by atoms with Crippen LogP contribution in [0, 0.1) is 0 Å². The largest absolute Gasteiger partial charge is 0.488 e. The Morgan fingerprint density at radius 3 is 2.63 bits per heavy atom. The number of pyridine rings is 1. The van der Waals surface area contributed by atoms with E-state index in [1.54, 1.807) is 18.3 Å². The first-order valence-electron chi connectivity index (χ1n) is 6.18. The van der Waals surface area contributed by atoms with Crippen molar-refractivity contribution in [1.82, 2.24) is 9.88 Å². The molecule has 0 amide bonds. The van der Waals surface area contributed by atoms with E-state index in [-0.39, 0.29) is 0 Å². The van der Waals surface area contributed by atoms with E-state index in [2.05, 4.69) is 9.88 Å². The summed E-state index contributed by atoms with van der Waals surface area (Å²) in [6.07, 6.45) is 1.78. The molecule has 0 radical (unpaired) electrons. The normalized spacial score (nSPS) is 10.7. The Morgan fingerprint density at radius 2 is 1.95 bits per heavy atom. The van der Waals surface area contributed by atoms with Gasteiger partial charge in [-0.3, -0.25) is 9.88 Å². The number of aromatic nitrogens is 1. The minimum absolute atomic E-state index is 0.517. The monoisotopic (exact) mass is 256 g/mol. The van der Waals surface area contributed by atoms with Gasteiger partial charge in [0, 0.05) is 19.3 Å². The maximum absolute atomic E-state index is 9.15. The second kappa shape index (κ2) is 6.47. The molecule has 0 bridgehead atoms. The topological polar surface area (TPSA) is 56.6 Å². The van der Waals surface area contributed by atoms with Crippen LogP contribution in [0.3, 0.4) is 0 Å². The molecule has 2 aromatic rings. The Hall–Kier alpha value is -1.69. The van der Waals surface area contributed by atoms with Crippen LogP contribution in [0.2, 0.25) is 0 Å². The highest BCUT2D eigenvalue weighted by Gasteiger charge is 2.11. The maximum atomic E-state index is 9.15. The zero-order valence-corrected chi connectivity index (χ0v) is 10.9. The van der Waals surface area contributed by atoms with Crippen molar-refractivity contribution in [3.8, 4) is 0 Å². The van der Waals surface area contributed by atoms with Crippen LogP contribution in [0.1, 0.15) is 11.3 Å². The molecule has 5 heteroatoms. The molecule has 1 aromatic carbocycles. The molecule has 0 fully saturated rings. The summed E-state index contributed by atoms with van der Waals surface area (Å²) in [6, 6.07) is 13.2. The maximum Gasteiger partial charge on any atom is 0.488 e. The Bertz CT molecular complexity index is 520. The molecule has 19 heavy (non-hydrogen) atoms. The summed E-state index contributed by atoms with van der Waals surface area (Å²) >= 11 is 0. The summed E-state index contributed by atoms with van der Waals surface area (Å²) in [5.41, 5.74) is 2.58. The van der Waals surface area contributed by atoms with Crippen LogP contribution in [0.25, 0.3) is 0 Å². The molecule has 0 spiro atoms. The molecule has 1 aromatic heterocycles. The summed E-state index contributed by atoms with van der Waals surface area (Å²) in [5, 5.41) is 18.3. The fourth-order valence-corrected chi connectivity index (χ4v) is 1.99. The van der Waals surface area contributed by atoms with Crippen molar-refractivity contribution in [2.75, 3.05) is 7.05 Å². The van der Waals surface area contributed by atoms with Gasteiger partial charge in [0.05, 0.1) is 5.69 Å². The molecule has 0 atom stereocenters. The van der Waals surface area contributed by atoms with Crippen LogP contribution in [0.4, 0.5) is 0 Å². The van der Waals surface area contributed by atoms with Gasteiger partial charge in [-0.2, -0.15) is 0 Å². The summed E-state index contributed by atoms with van der Waals surface area (Å²) in [7, 11) is 0.595. The van der Waals surface area contributed by atoms with Crippen LogP contribution in [0.5, 0.6) is 0 Å². The van der Waals surface area contributed by atoms with Crippen molar-refractivity contribution in [3.05, 3.63) is 59.9 Å². The molecule has 0 aliphatic rings. The quantitative estimate of drug-likeness (QED) is 0.760. The van der Waals surface area contributed by atoms with Crippen molar-refractivity contribution in [2.24, 2.45) is 0 Å². The van der Waals surface area contributed by atoms with Crippen molar-refractivity contribution < 1.29 is 10.0 Å². The predicted octanol–water partition coefficient (Wildman–Crippen LogP) is 0.393. The Balaban J connectivity index is 1.99. The highest BCUT2D eigenvalue weighted by atomic mass is 16.4. The molecule has 2 N–H and O–H groups in total. The van der Waals surface area contributed by atoms with E-state index in [4.69, 9.17) is 10.0 Å². The SMILES string of the molecule is CN(Cc1cccc(B(O)O)c1)Cc1ccccn1. The van der Waals surface area contributed by atoms with Gasteiger partial charge in [-0.15, -0.1) is 0 Å². The molecule has 98 valence electrons. The highest BCUT2D eigenvalue weighted by Crippen LogP contribution is 2.05. The van der Waals surface area contributed by atoms with Gasteiger partial charge in [0.2, 0.25) is 0 Å². The highest BCUT2D eigenvalue weighted by molar-refractivity contribution is 6.58. The van der Waals surface area contributed by atoms with Gasteiger partial charge in [-0.25, -0.2) is 0 Å². The molecule has 2 rings (SSSR count). The third-order valence-corrected chi connectivity index (χ3v) is 2.86. The third kappa shape index (κ3) is 4.17. The summed E-state index contributed by atoms with van der Waals surface area (Å²) in [5.74, 6) is 0. The van der Waals surface area contributed by atoms with Crippen molar-refractivity contribution in [2.45, 2.75) is 13.1 Å². The van der Waals surface area contributed by atoms with E-state index < -0.39 is 7.12 Å². The number of nitrogens with zero attached hydrogens (tertiary/aromatic N) is 2. The van der Waals surface area contributed by atoms with Crippen molar-refractivity contribution in [3.63, 3.8) is 0 Å². The number of hydrogen-bond donors (Lipinski definition) is 2. The van der Waals surface area contributed by atoms with Crippen LogP contribution in [-0.4, -0.2) is 34.1 Å². The van der Waals surface area contributed by atoms with Crippen LogP contribution in [0.15, 0.2) is 48.7 Å². The molecular weight excluding hydrogens is 239 g/mol. The van der Waals surface area contributed by atoms with Crippen LogP contribution < -0.4 is 5.46 Å². The Morgan fingerprint density at radius 1 is 1.11 bits per heavy atom. The Labute approximate surface area is 113 Å². The minimum Gasteiger partial charge on any atom is -0.423 e. The van der Waals surface area contributed by atoms with Gasteiger partial charge in [-0.1, -0.05) is 30.3 Å². The zero-order chi connectivity index (χ0) is 13.7. The van der Waals surface area contributed by atoms with Crippen molar-refractivity contribution >= 4 is 12.6 Å². The zero-order valence-electron chi connectivity index (χ0n) is 10.9. The van der Waals surface area contributed by atoms with Gasteiger partial charge in [0.15, 0.2) is 0 Å². The number of benzene rings is 1. The third-order valence-electron chi connectivity index (χ3n) is 2.86. The van der Waals surface area contributed by atoms with Gasteiger partial charge < -0.3 is 10.0 Å². The lowest BCUT2D eigenvalue weighted by atomic mass is 9.79. The lowest BCUT2D eigenvalue weighted by Crippen LogP contribution is -2.30. The number of hydrogen-bond acceptors (Lipinski definition) is 4. The summed E-state index contributed by atoms with van der Waals surface area (Å²) < 4.78 is 0. The van der Waals surface area contributed by atoms with E-state index in [1.165, 1.54) is 0 Å². The first kappa shape index (κ1) is 13.7. The summed E-state index contributed by atoms with van der Waals surface area (Å²) in [6.45, 7) is 1.49. The minimum atomic E-state index is -1.42. The average Bonchev–Trinajstić information content (AvgIpc) is 2.40. The molecule has 0 saturated carbocycles. The smallest absolute Gasteiger partial charge is 0.423 e. The van der Waals surface area contributed by atoms with E-state index in [0.717, 1.165) is 24.3 Å². The van der Waals surface area contributed by atoms with Gasteiger partial charge >= 0.3 is 7.12 Å². The van der Waals surface area contributed by atoms with Gasteiger partial charge in [0.25, 0.3) is 0 Å². The Kier molecular flexibility index (Phi) is 4.68. The predicted molar refractivity (Wildman–Crippen MR) is 75.7 cm³/mol.